The Labute approximate surface area is 97.0 Å². The largest absolute Gasteiger partial charge is 0.359 e. The Kier molecular flexibility index (Phi) is 4.49. The van der Waals surface area contributed by atoms with Crippen LogP contribution in [0, 0.1) is 5.92 Å². The van der Waals surface area contributed by atoms with E-state index in [9.17, 15) is 0 Å². The van der Waals surface area contributed by atoms with E-state index in [1.165, 1.54) is 0 Å². The first kappa shape index (κ1) is 12.7. The lowest BCUT2D eigenvalue weighted by Crippen LogP contribution is -2.24. The van der Waals surface area contributed by atoms with Gasteiger partial charge in [0.1, 0.15) is 17.5 Å². The first-order valence-electron chi connectivity index (χ1n) is 5.62. The average molecular weight is 223 g/mol. The lowest BCUT2D eigenvalue weighted by molar-refractivity contribution is 0.633. The number of hydrogen-bond acceptors (Lipinski definition) is 5. The Bertz CT molecular complexity index is 315. The second-order valence-electron chi connectivity index (χ2n) is 4.30. The van der Waals surface area contributed by atoms with Gasteiger partial charge in [-0.25, -0.2) is 15.8 Å². The third-order valence-corrected chi connectivity index (χ3v) is 2.25. The van der Waals surface area contributed by atoms with E-state index in [1.807, 2.05) is 20.0 Å². The normalized spacial score (nSPS) is 10.6. The van der Waals surface area contributed by atoms with Crippen LogP contribution in [0.3, 0.4) is 0 Å². The molecule has 0 unspecified atom stereocenters. The molecular weight excluding hydrogens is 202 g/mol. The van der Waals surface area contributed by atoms with Gasteiger partial charge in [-0.15, -0.1) is 0 Å². The molecule has 0 radical (unpaired) electrons. The smallest absolute Gasteiger partial charge is 0.145 e. The fourth-order valence-corrected chi connectivity index (χ4v) is 1.55. The van der Waals surface area contributed by atoms with Crippen molar-refractivity contribution in [3.63, 3.8) is 0 Å². The van der Waals surface area contributed by atoms with Crippen LogP contribution in [0.4, 0.5) is 11.6 Å². The summed E-state index contributed by atoms with van der Waals surface area (Å²) in [5, 5.41) is 0. The number of aromatic nitrogens is 2. The molecule has 0 bridgehead atoms. The number of aryl methyl sites for hydroxylation is 1. The van der Waals surface area contributed by atoms with Crippen molar-refractivity contribution in [3.8, 4) is 0 Å². The standard InChI is InChI=1S/C11H21N5/c1-5-9-13-10(15-12)6-11(14-9)16(4)7-8(2)3/h6,8H,5,7,12H2,1-4H3,(H,13,14,15). The molecule has 1 aromatic heterocycles. The molecule has 3 N–H and O–H groups in total. The molecular formula is C11H21N5. The van der Waals surface area contributed by atoms with Crippen LogP contribution in [0.5, 0.6) is 0 Å². The molecule has 0 aliphatic carbocycles. The molecule has 5 heteroatoms. The van der Waals surface area contributed by atoms with Crippen molar-refractivity contribution in [1.82, 2.24) is 9.97 Å². The zero-order valence-corrected chi connectivity index (χ0v) is 10.5. The Morgan fingerprint density at radius 3 is 2.62 bits per heavy atom. The molecule has 0 fully saturated rings. The van der Waals surface area contributed by atoms with Crippen LogP contribution in [0.1, 0.15) is 26.6 Å². The van der Waals surface area contributed by atoms with E-state index in [0.29, 0.717) is 11.7 Å². The van der Waals surface area contributed by atoms with E-state index >= 15 is 0 Å². The predicted molar refractivity (Wildman–Crippen MR) is 67.3 cm³/mol. The van der Waals surface area contributed by atoms with Gasteiger partial charge in [0.15, 0.2) is 0 Å². The van der Waals surface area contributed by atoms with Gasteiger partial charge in [-0.3, -0.25) is 0 Å². The van der Waals surface area contributed by atoms with Crippen molar-refractivity contribution in [2.75, 3.05) is 23.9 Å². The Morgan fingerprint density at radius 2 is 2.12 bits per heavy atom. The first-order chi connectivity index (χ1) is 7.56. The van der Waals surface area contributed by atoms with Gasteiger partial charge >= 0.3 is 0 Å². The number of hydrogen-bond donors (Lipinski definition) is 2. The van der Waals surface area contributed by atoms with E-state index in [1.54, 1.807) is 0 Å². The Balaban J connectivity index is 2.93. The highest BCUT2D eigenvalue weighted by Gasteiger charge is 2.08. The quantitative estimate of drug-likeness (QED) is 0.583. The monoisotopic (exact) mass is 223 g/mol. The Morgan fingerprint density at radius 1 is 1.44 bits per heavy atom. The van der Waals surface area contributed by atoms with Gasteiger partial charge in [-0.2, -0.15) is 0 Å². The van der Waals surface area contributed by atoms with Crippen molar-refractivity contribution in [1.29, 1.82) is 0 Å². The molecule has 16 heavy (non-hydrogen) atoms. The number of nitrogens with zero attached hydrogens (tertiary/aromatic N) is 3. The second kappa shape index (κ2) is 5.65. The molecule has 5 nitrogen and oxygen atoms in total. The van der Waals surface area contributed by atoms with Crippen molar-refractivity contribution < 1.29 is 0 Å². The number of nitrogens with one attached hydrogen (secondary N) is 1. The molecule has 1 heterocycles. The molecule has 0 saturated carbocycles. The minimum Gasteiger partial charge on any atom is -0.359 e. The number of nitrogen functional groups attached to an aromatic ring is 1. The highest BCUT2D eigenvalue weighted by molar-refractivity contribution is 5.48. The van der Waals surface area contributed by atoms with Gasteiger partial charge in [-0.1, -0.05) is 20.8 Å². The SMILES string of the molecule is CCc1nc(NN)cc(N(C)CC(C)C)n1. The Hall–Kier alpha value is -1.36. The molecule has 0 atom stereocenters. The number of anilines is 2. The van der Waals surface area contributed by atoms with E-state index in [2.05, 4.69) is 34.1 Å². The summed E-state index contributed by atoms with van der Waals surface area (Å²) in [4.78, 5) is 10.8. The summed E-state index contributed by atoms with van der Waals surface area (Å²) in [6.45, 7) is 7.35. The van der Waals surface area contributed by atoms with Crippen molar-refractivity contribution in [3.05, 3.63) is 11.9 Å². The van der Waals surface area contributed by atoms with Crippen LogP contribution in [0.15, 0.2) is 6.07 Å². The summed E-state index contributed by atoms with van der Waals surface area (Å²) < 4.78 is 0. The molecule has 0 saturated heterocycles. The molecule has 0 aliphatic rings. The summed E-state index contributed by atoms with van der Waals surface area (Å²) in [7, 11) is 2.03. The fraction of sp³-hybridized carbons (Fsp3) is 0.636. The molecule has 0 aliphatic heterocycles. The lowest BCUT2D eigenvalue weighted by Gasteiger charge is -2.21. The molecule has 0 amide bonds. The topological polar surface area (TPSA) is 67.1 Å². The maximum absolute atomic E-state index is 5.38. The minimum atomic E-state index is 0.597. The van der Waals surface area contributed by atoms with Crippen LogP contribution in [-0.4, -0.2) is 23.6 Å². The summed E-state index contributed by atoms with van der Waals surface area (Å²) in [5.41, 5.74) is 2.57. The van der Waals surface area contributed by atoms with Gasteiger partial charge in [0.25, 0.3) is 0 Å². The number of rotatable bonds is 5. The van der Waals surface area contributed by atoms with E-state index in [0.717, 1.165) is 24.6 Å². The maximum atomic E-state index is 5.38. The van der Waals surface area contributed by atoms with Crippen LogP contribution in [0.25, 0.3) is 0 Å². The summed E-state index contributed by atoms with van der Waals surface area (Å²) >= 11 is 0. The summed E-state index contributed by atoms with van der Waals surface area (Å²) in [6.07, 6.45) is 0.804. The third-order valence-electron chi connectivity index (χ3n) is 2.25. The van der Waals surface area contributed by atoms with Crippen molar-refractivity contribution >= 4 is 11.6 Å². The fourth-order valence-electron chi connectivity index (χ4n) is 1.55. The minimum absolute atomic E-state index is 0.597. The van der Waals surface area contributed by atoms with Crippen LogP contribution >= 0.6 is 0 Å². The van der Waals surface area contributed by atoms with E-state index in [4.69, 9.17) is 5.84 Å². The molecule has 1 rings (SSSR count). The zero-order chi connectivity index (χ0) is 12.1. The number of nitrogens with two attached hydrogens (primary N) is 1. The summed E-state index contributed by atoms with van der Waals surface area (Å²) in [5.74, 6) is 8.36. The average Bonchev–Trinajstić information content (AvgIpc) is 2.27. The lowest BCUT2D eigenvalue weighted by atomic mass is 10.2. The van der Waals surface area contributed by atoms with E-state index < -0.39 is 0 Å². The van der Waals surface area contributed by atoms with Gasteiger partial charge < -0.3 is 10.3 Å². The van der Waals surface area contributed by atoms with Gasteiger partial charge in [0, 0.05) is 26.1 Å². The molecule has 1 aromatic rings. The predicted octanol–water partition coefficient (Wildman–Crippen LogP) is 1.42. The zero-order valence-electron chi connectivity index (χ0n) is 10.5. The highest BCUT2D eigenvalue weighted by atomic mass is 15.3. The van der Waals surface area contributed by atoms with Crippen molar-refractivity contribution in [2.45, 2.75) is 27.2 Å². The van der Waals surface area contributed by atoms with E-state index in [-0.39, 0.29) is 0 Å². The third kappa shape index (κ3) is 3.34. The van der Waals surface area contributed by atoms with Gasteiger partial charge in [0.05, 0.1) is 0 Å². The van der Waals surface area contributed by atoms with Gasteiger partial charge in [-0.05, 0) is 5.92 Å². The van der Waals surface area contributed by atoms with Gasteiger partial charge in [0.2, 0.25) is 0 Å². The highest BCUT2D eigenvalue weighted by Crippen LogP contribution is 2.15. The first-order valence-corrected chi connectivity index (χ1v) is 5.62. The second-order valence-corrected chi connectivity index (χ2v) is 4.30. The van der Waals surface area contributed by atoms with Crippen molar-refractivity contribution in [2.24, 2.45) is 11.8 Å². The van der Waals surface area contributed by atoms with Crippen LogP contribution in [0.2, 0.25) is 0 Å². The number of hydrazine groups is 1. The molecule has 0 spiro atoms. The maximum Gasteiger partial charge on any atom is 0.145 e. The van der Waals surface area contributed by atoms with Crippen LogP contribution in [-0.2, 0) is 6.42 Å². The molecule has 90 valence electrons. The summed E-state index contributed by atoms with van der Waals surface area (Å²) in [6, 6.07) is 1.86. The molecule has 0 aromatic carbocycles. The van der Waals surface area contributed by atoms with Crippen LogP contribution < -0.4 is 16.2 Å².